The van der Waals surface area contributed by atoms with Crippen molar-refractivity contribution < 1.29 is 27.5 Å². The third-order valence-electron chi connectivity index (χ3n) is 6.44. The van der Waals surface area contributed by atoms with Gasteiger partial charge in [0.2, 0.25) is 21.8 Å². The molecule has 0 radical (unpaired) electrons. The van der Waals surface area contributed by atoms with Gasteiger partial charge in [-0.3, -0.25) is 13.9 Å². The van der Waals surface area contributed by atoms with Gasteiger partial charge in [-0.2, -0.15) is 0 Å². The lowest BCUT2D eigenvalue weighted by atomic mass is 10.1. The van der Waals surface area contributed by atoms with Crippen molar-refractivity contribution >= 4 is 27.5 Å². The number of anilines is 1. The van der Waals surface area contributed by atoms with Crippen LogP contribution in [0.5, 0.6) is 11.5 Å². The summed E-state index contributed by atoms with van der Waals surface area (Å²) in [4.78, 5) is 27.8. The second-order valence-electron chi connectivity index (χ2n) is 9.59. The smallest absolute Gasteiger partial charge is 0.242 e. The van der Waals surface area contributed by atoms with Gasteiger partial charge in [0, 0.05) is 32.1 Å². The molecule has 0 spiro atoms. The third kappa shape index (κ3) is 8.11. The molecule has 9 nitrogen and oxygen atoms in total. The Morgan fingerprint density at radius 3 is 2.37 bits per heavy atom. The van der Waals surface area contributed by atoms with E-state index < -0.39 is 16.1 Å². The Hall–Kier alpha value is -3.27. The minimum atomic E-state index is -3.61. The molecule has 1 aliphatic rings. The number of nitrogens with one attached hydrogen (secondary N) is 1. The number of fused-ring (bicyclic) bond motifs is 1. The van der Waals surface area contributed by atoms with Crippen LogP contribution >= 0.6 is 0 Å². The Morgan fingerprint density at radius 2 is 1.71 bits per heavy atom. The molecular formula is C28H39N3O6S. The standard InChI is InChI=1S/C28H39N3O6S/c1-5-6-15-29-28(33)22(3)30(20-23-11-9-21(2)10-12-23)27(32)8-7-16-31(38(4,34)35)24-13-14-25-26(19-24)37-18-17-36-25/h9-14,19,22H,5-8,15-18,20H2,1-4H3,(H,29,33)/t22-/m1/s1. The highest BCUT2D eigenvalue weighted by atomic mass is 32.2. The summed E-state index contributed by atoms with van der Waals surface area (Å²) in [6.07, 6.45) is 3.34. The fourth-order valence-corrected chi connectivity index (χ4v) is 5.16. The van der Waals surface area contributed by atoms with Crippen LogP contribution in [0, 0.1) is 6.92 Å². The molecule has 38 heavy (non-hydrogen) atoms. The van der Waals surface area contributed by atoms with E-state index in [1.807, 2.05) is 38.1 Å². The summed E-state index contributed by atoms with van der Waals surface area (Å²) in [7, 11) is -3.61. The number of sulfonamides is 1. The highest BCUT2D eigenvalue weighted by Gasteiger charge is 2.27. The summed E-state index contributed by atoms with van der Waals surface area (Å²) in [5, 5.41) is 2.91. The number of amides is 2. The quantitative estimate of drug-likeness (QED) is 0.385. The van der Waals surface area contributed by atoms with Gasteiger partial charge in [0.15, 0.2) is 11.5 Å². The van der Waals surface area contributed by atoms with Crippen LogP contribution < -0.4 is 19.1 Å². The van der Waals surface area contributed by atoms with E-state index in [2.05, 4.69) is 5.32 Å². The van der Waals surface area contributed by atoms with E-state index >= 15 is 0 Å². The average molecular weight is 546 g/mol. The number of unbranched alkanes of at least 4 members (excludes halogenated alkanes) is 1. The summed E-state index contributed by atoms with van der Waals surface area (Å²) in [6, 6.07) is 12.2. The molecule has 1 aliphatic heterocycles. The summed E-state index contributed by atoms with van der Waals surface area (Å²) in [5.41, 5.74) is 2.48. The zero-order valence-corrected chi connectivity index (χ0v) is 23.6. The minimum absolute atomic E-state index is 0.0923. The zero-order chi connectivity index (χ0) is 27.7. The van der Waals surface area contributed by atoms with Crippen LogP contribution in [0.15, 0.2) is 42.5 Å². The van der Waals surface area contributed by atoms with E-state index in [1.54, 1.807) is 30.0 Å². The molecule has 1 atom stereocenters. The molecule has 0 bridgehead atoms. The second-order valence-corrected chi connectivity index (χ2v) is 11.5. The normalized spacial score (nSPS) is 13.5. The molecule has 2 aromatic carbocycles. The average Bonchev–Trinajstić information content (AvgIpc) is 2.89. The van der Waals surface area contributed by atoms with Gasteiger partial charge >= 0.3 is 0 Å². The summed E-state index contributed by atoms with van der Waals surface area (Å²) in [5.74, 6) is 0.652. The Kier molecular flexibility index (Phi) is 10.4. The molecule has 0 unspecified atom stereocenters. The SMILES string of the molecule is CCCCNC(=O)[C@@H](C)N(Cc1ccc(C)cc1)C(=O)CCCN(c1ccc2c(c1)OCCO2)S(C)(=O)=O. The van der Waals surface area contributed by atoms with E-state index in [1.165, 1.54) is 4.31 Å². The van der Waals surface area contributed by atoms with Crippen molar-refractivity contribution in [3.63, 3.8) is 0 Å². The third-order valence-corrected chi connectivity index (χ3v) is 7.63. The van der Waals surface area contributed by atoms with Gasteiger partial charge < -0.3 is 19.7 Å². The van der Waals surface area contributed by atoms with E-state index in [-0.39, 0.29) is 31.2 Å². The molecule has 208 valence electrons. The minimum Gasteiger partial charge on any atom is -0.486 e. The van der Waals surface area contributed by atoms with Crippen molar-refractivity contribution in [1.82, 2.24) is 10.2 Å². The Balaban J connectivity index is 1.71. The fourth-order valence-electron chi connectivity index (χ4n) is 4.20. The summed E-state index contributed by atoms with van der Waals surface area (Å²) < 4.78 is 37.6. The number of rotatable bonds is 13. The second kappa shape index (κ2) is 13.5. The van der Waals surface area contributed by atoms with Crippen molar-refractivity contribution in [3.8, 4) is 11.5 Å². The lowest BCUT2D eigenvalue weighted by molar-refractivity contribution is -0.140. The monoisotopic (exact) mass is 545 g/mol. The van der Waals surface area contributed by atoms with Crippen LogP contribution in [-0.2, 0) is 26.2 Å². The Labute approximate surface area is 226 Å². The number of ether oxygens (including phenoxy) is 2. The van der Waals surface area contributed by atoms with Gasteiger partial charge in [-0.25, -0.2) is 8.42 Å². The van der Waals surface area contributed by atoms with E-state index in [0.717, 1.165) is 30.2 Å². The topological polar surface area (TPSA) is 105 Å². The molecule has 1 N–H and O–H groups in total. The van der Waals surface area contributed by atoms with Crippen LogP contribution in [0.25, 0.3) is 0 Å². The molecule has 0 aromatic heterocycles. The zero-order valence-electron chi connectivity index (χ0n) is 22.7. The Bertz CT molecular complexity index is 1200. The molecule has 0 saturated carbocycles. The first kappa shape index (κ1) is 29.3. The van der Waals surface area contributed by atoms with Gasteiger partial charge in [0.25, 0.3) is 0 Å². The predicted molar refractivity (Wildman–Crippen MR) is 148 cm³/mol. The molecule has 10 heteroatoms. The van der Waals surface area contributed by atoms with Crippen LogP contribution in [0.4, 0.5) is 5.69 Å². The maximum Gasteiger partial charge on any atom is 0.242 e. The molecule has 0 aliphatic carbocycles. The number of carbonyl (C=O) groups is 2. The van der Waals surface area contributed by atoms with Crippen molar-refractivity contribution in [2.75, 3.05) is 36.9 Å². The molecule has 0 saturated heterocycles. The highest BCUT2D eigenvalue weighted by molar-refractivity contribution is 7.92. The van der Waals surface area contributed by atoms with Crippen LogP contribution in [0.3, 0.4) is 0 Å². The van der Waals surface area contributed by atoms with Gasteiger partial charge in [0.1, 0.15) is 19.3 Å². The summed E-state index contributed by atoms with van der Waals surface area (Å²) >= 11 is 0. The van der Waals surface area contributed by atoms with E-state index in [0.29, 0.717) is 43.5 Å². The maximum atomic E-state index is 13.4. The van der Waals surface area contributed by atoms with Crippen LogP contribution in [-0.4, -0.2) is 63.7 Å². The Morgan fingerprint density at radius 1 is 1.03 bits per heavy atom. The van der Waals surface area contributed by atoms with Gasteiger partial charge in [-0.1, -0.05) is 43.2 Å². The first-order valence-corrected chi connectivity index (χ1v) is 14.9. The van der Waals surface area contributed by atoms with Crippen molar-refractivity contribution in [3.05, 3.63) is 53.6 Å². The number of carbonyl (C=O) groups excluding carboxylic acids is 2. The lowest BCUT2D eigenvalue weighted by Crippen LogP contribution is -2.48. The molecular weight excluding hydrogens is 506 g/mol. The van der Waals surface area contributed by atoms with Crippen molar-refractivity contribution in [2.24, 2.45) is 0 Å². The van der Waals surface area contributed by atoms with Gasteiger partial charge in [0.05, 0.1) is 11.9 Å². The van der Waals surface area contributed by atoms with E-state index in [4.69, 9.17) is 9.47 Å². The van der Waals surface area contributed by atoms with Crippen molar-refractivity contribution in [1.29, 1.82) is 0 Å². The van der Waals surface area contributed by atoms with Crippen molar-refractivity contribution in [2.45, 2.75) is 59.0 Å². The number of nitrogens with zero attached hydrogens (tertiary/aromatic N) is 2. The van der Waals surface area contributed by atoms with Crippen LogP contribution in [0.2, 0.25) is 0 Å². The first-order chi connectivity index (χ1) is 18.1. The van der Waals surface area contributed by atoms with E-state index in [9.17, 15) is 18.0 Å². The number of hydrogen-bond acceptors (Lipinski definition) is 6. The van der Waals surface area contributed by atoms with Crippen LogP contribution in [0.1, 0.15) is 50.7 Å². The molecule has 1 heterocycles. The first-order valence-electron chi connectivity index (χ1n) is 13.1. The lowest BCUT2D eigenvalue weighted by Gasteiger charge is -2.29. The predicted octanol–water partition coefficient (Wildman–Crippen LogP) is 3.65. The molecule has 3 rings (SSSR count). The van der Waals surface area contributed by atoms with Gasteiger partial charge in [-0.05, 0) is 44.4 Å². The summed E-state index contributed by atoms with van der Waals surface area (Å²) in [6.45, 7) is 7.57. The largest absolute Gasteiger partial charge is 0.486 e. The number of hydrogen-bond donors (Lipinski definition) is 1. The number of aryl methyl sites for hydroxylation is 1. The molecule has 2 aromatic rings. The van der Waals surface area contributed by atoms with Gasteiger partial charge in [-0.15, -0.1) is 0 Å². The molecule has 2 amide bonds. The maximum absolute atomic E-state index is 13.4. The fraction of sp³-hybridized carbons (Fsp3) is 0.500. The molecule has 0 fully saturated rings. The highest BCUT2D eigenvalue weighted by Crippen LogP contribution is 2.34. The number of benzene rings is 2.